The second-order valence-corrected chi connectivity index (χ2v) is 5.75. The highest BCUT2D eigenvalue weighted by atomic mass is 35.5. The van der Waals surface area contributed by atoms with Gasteiger partial charge < -0.3 is 15.1 Å². The Morgan fingerprint density at radius 2 is 2.09 bits per heavy atom. The Bertz CT molecular complexity index is 564. The predicted octanol–water partition coefficient (Wildman–Crippen LogP) is 1.21. The molecule has 1 saturated heterocycles. The van der Waals surface area contributed by atoms with Gasteiger partial charge >= 0.3 is 0 Å². The van der Waals surface area contributed by atoms with Crippen LogP contribution in [-0.2, 0) is 16.0 Å². The van der Waals surface area contributed by atoms with Gasteiger partial charge in [0.25, 0.3) is 0 Å². The number of anilines is 1. The summed E-state index contributed by atoms with van der Waals surface area (Å²) in [6, 6.07) is 7.66. The summed E-state index contributed by atoms with van der Waals surface area (Å²) in [4.78, 5) is 28.2. The van der Waals surface area contributed by atoms with Gasteiger partial charge in [-0.05, 0) is 24.5 Å². The first-order valence-electron chi connectivity index (χ1n) is 7.53. The third kappa shape index (κ3) is 3.25. The number of hydrogen-bond acceptors (Lipinski definition) is 3. The van der Waals surface area contributed by atoms with Crippen LogP contribution in [0, 0.1) is 0 Å². The summed E-state index contributed by atoms with van der Waals surface area (Å²) >= 11 is 0. The number of piperazine rings is 1. The van der Waals surface area contributed by atoms with Crippen molar-refractivity contribution in [3.8, 4) is 0 Å². The van der Waals surface area contributed by atoms with Crippen LogP contribution in [0.1, 0.15) is 18.4 Å². The Morgan fingerprint density at radius 1 is 1.32 bits per heavy atom. The Morgan fingerprint density at radius 3 is 2.91 bits per heavy atom. The predicted molar refractivity (Wildman–Crippen MR) is 88.4 cm³/mol. The average molecular weight is 324 g/mol. The number of fused-ring (bicyclic) bond motifs is 1. The summed E-state index contributed by atoms with van der Waals surface area (Å²) in [5.41, 5.74) is 2.22. The van der Waals surface area contributed by atoms with E-state index < -0.39 is 0 Å². The number of amides is 2. The van der Waals surface area contributed by atoms with Gasteiger partial charge in [0.05, 0.1) is 12.5 Å². The van der Waals surface area contributed by atoms with E-state index in [0.29, 0.717) is 6.54 Å². The largest absolute Gasteiger partial charge is 0.343 e. The van der Waals surface area contributed by atoms with E-state index in [9.17, 15) is 9.59 Å². The molecule has 1 aromatic rings. The molecule has 0 spiro atoms. The quantitative estimate of drug-likeness (QED) is 0.890. The molecule has 0 aliphatic carbocycles. The molecule has 1 fully saturated rings. The van der Waals surface area contributed by atoms with Gasteiger partial charge in [0.15, 0.2) is 0 Å². The number of halogens is 1. The van der Waals surface area contributed by atoms with E-state index in [0.717, 1.165) is 31.6 Å². The SMILES string of the molecule is CN1CCNC(CC(=O)N2CCCc3ccccc32)C1=O.Cl. The van der Waals surface area contributed by atoms with Gasteiger partial charge in [-0.15, -0.1) is 12.4 Å². The lowest BCUT2D eigenvalue weighted by atomic mass is 10.0. The maximum atomic E-state index is 12.6. The first-order valence-corrected chi connectivity index (χ1v) is 7.53. The Balaban J connectivity index is 0.00000176. The molecule has 2 amide bonds. The fourth-order valence-electron chi connectivity index (χ4n) is 3.11. The van der Waals surface area contributed by atoms with Crippen molar-refractivity contribution in [3.63, 3.8) is 0 Å². The molecule has 6 heteroatoms. The number of aryl methyl sites for hydroxylation is 1. The zero-order valence-electron chi connectivity index (χ0n) is 12.7. The van der Waals surface area contributed by atoms with Crippen LogP contribution >= 0.6 is 12.4 Å². The van der Waals surface area contributed by atoms with Crippen LogP contribution in [0.5, 0.6) is 0 Å². The van der Waals surface area contributed by atoms with E-state index in [2.05, 4.69) is 11.4 Å². The third-order valence-electron chi connectivity index (χ3n) is 4.30. The highest BCUT2D eigenvalue weighted by Gasteiger charge is 2.31. The summed E-state index contributed by atoms with van der Waals surface area (Å²) in [5.74, 6) is 0.0446. The van der Waals surface area contributed by atoms with Gasteiger partial charge in [-0.3, -0.25) is 9.59 Å². The van der Waals surface area contributed by atoms with Crippen LogP contribution < -0.4 is 10.2 Å². The monoisotopic (exact) mass is 323 g/mol. The van der Waals surface area contributed by atoms with E-state index in [1.54, 1.807) is 11.9 Å². The van der Waals surface area contributed by atoms with Crippen LogP contribution in [0.2, 0.25) is 0 Å². The molecule has 0 saturated carbocycles. The Kier molecular flexibility index (Phi) is 5.42. The molecule has 2 aliphatic rings. The lowest BCUT2D eigenvalue weighted by molar-refractivity contribution is -0.136. The highest BCUT2D eigenvalue weighted by molar-refractivity contribution is 5.98. The van der Waals surface area contributed by atoms with Crippen molar-refractivity contribution in [3.05, 3.63) is 29.8 Å². The summed E-state index contributed by atoms with van der Waals surface area (Å²) < 4.78 is 0. The zero-order chi connectivity index (χ0) is 14.8. The number of nitrogens with one attached hydrogen (secondary N) is 1. The number of carbonyl (C=O) groups excluding carboxylic acids is 2. The van der Waals surface area contributed by atoms with Crippen LogP contribution in [0.4, 0.5) is 5.69 Å². The minimum absolute atomic E-state index is 0. The van der Waals surface area contributed by atoms with Gasteiger partial charge in [0, 0.05) is 32.4 Å². The summed E-state index contributed by atoms with van der Waals surface area (Å²) in [5, 5.41) is 3.15. The highest BCUT2D eigenvalue weighted by Crippen LogP contribution is 2.27. The normalized spacial score (nSPS) is 21.1. The lowest BCUT2D eigenvalue weighted by Crippen LogP contribution is -2.55. The standard InChI is InChI=1S/C16H21N3O2.ClH/c1-18-10-8-17-13(16(18)21)11-15(20)19-9-4-6-12-5-2-3-7-14(12)19;/h2-3,5,7,13,17H,4,6,8-11H2,1H3;1H. The fourth-order valence-corrected chi connectivity index (χ4v) is 3.11. The molecule has 3 rings (SSSR count). The van der Waals surface area contributed by atoms with Crippen molar-refractivity contribution in [1.82, 2.24) is 10.2 Å². The molecule has 0 radical (unpaired) electrons. The molecule has 22 heavy (non-hydrogen) atoms. The minimum Gasteiger partial charge on any atom is -0.343 e. The Hall–Kier alpha value is -1.59. The minimum atomic E-state index is -0.384. The van der Waals surface area contributed by atoms with Crippen LogP contribution in [-0.4, -0.2) is 49.4 Å². The average Bonchev–Trinajstić information content (AvgIpc) is 2.51. The second kappa shape index (κ2) is 7.11. The number of nitrogens with zero attached hydrogens (tertiary/aromatic N) is 2. The molecule has 1 aromatic carbocycles. The first-order chi connectivity index (χ1) is 10.2. The molecule has 1 N–H and O–H groups in total. The number of hydrogen-bond donors (Lipinski definition) is 1. The van der Waals surface area contributed by atoms with E-state index in [1.807, 2.05) is 23.1 Å². The topological polar surface area (TPSA) is 52.7 Å². The van der Waals surface area contributed by atoms with Crippen molar-refractivity contribution < 1.29 is 9.59 Å². The fraction of sp³-hybridized carbons (Fsp3) is 0.500. The third-order valence-corrected chi connectivity index (χ3v) is 4.30. The van der Waals surface area contributed by atoms with E-state index >= 15 is 0 Å². The van der Waals surface area contributed by atoms with E-state index in [4.69, 9.17) is 0 Å². The van der Waals surface area contributed by atoms with Crippen LogP contribution in [0.25, 0.3) is 0 Å². The molecule has 1 unspecified atom stereocenters. The van der Waals surface area contributed by atoms with E-state index in [1.165, 1.54) is 5.56 Å². The van der Waals surface area contributed by atoms with Crippen LogP contribution in [0.15, 0.2) is 24.3 Å². The lowest BCUT2D eigenvalue weighted by Gasteiger charge is -2.33. The molecule has 0 bridgehead atoms. The first kappa shape index (κ1) is 16.8. The number of rotatable bonds is 2. The summed E-state index contributed by atoms with van der Waals surface area (Å²) in [6.45, 7) is 2.19. The summed E-state index contributed by atoms with van der Waals surface area (Å²) in [6.07, 6.45) is 2.23. The second-order valence-electron chi connectivity index (χ2n) is 5.75. The number of likely N-dealkylation sites (N-methyl/N-ethyl adjacent to an activating group) is 1. The van der Waals surface area contributed by atoms with Gasteiger partial charge in [-0.1, -0.05) is 18.2 Å². The molecule has 2 aliphatic heterocycles. The molecule has 2 heterocycles. The number of benzene rings is 1. The van der Waals surface area contributed by atoms with Crippen molar-refractivity contribution in [2.24, 2.45) is 0 Å². The maximum Gasteiger partial charge on any atom is 0.240 e. The van der Waals surface area contributed by atoms with Gasteiger partial charge in [-0.2, -0.15) is 0 Å². The van der Waals surface area contributed by atoms with Gasteiger partial charge in [-0.25, -0.2) is 0 Å². The Labute approximate surface area is 137 Å². The number of para-hydroxylation sites is 1. The zero-order valence-corrected chi connectivity index (χ0v) is 13.6. The molecule has 0 aromatic heterocycles. The van der Waals surface area contributed by atoms with Crippen molar-refractivity contribution in [2.75, 3.05) is 31.6 Å². The molecular weight excluding hydrogens is 302 g/mol. The van der Waals surface area contributed by atoms with Crippen molar-refractivity contribution in [2.45, 2.75) is 25.3 Å². The number of carbonyl (C=O) groups is 2. The van der Waals surface area contributed by atoms with Gasteiger partial charge in [0.2, 0.25) is 11.8 Å². The molecule has 5 nitrogen and oxygen atoms in total. The summed E-state index contributed by atoms with van der Waals surface area (Å²) in [7, 11) is 1.79. The van der Waals surface area contributed by atoms with Crippen LogP contribution in [0.3, 0.4) is 0 Å². The molecular formula is C16H22ClN3O2. The molecule has 120 valence electrons. The van der Waals surface area contributed by atoms with Gasteiger partial charge in [0.1, 0.15) is 0 Å². The van der Waals surface area contributed by atoms with Crippen molar-refractivity contribution in [1.29, 1.82) is 0 Å². The van der Waals surface area contributed by atoms with E-state index in [-0.39, 0.29) is 36.7 Å². The smallest absolute Gasteiger partial charge is 0.240 e. The maximum absolute atomic E-state index is 12.6. The van der Waals surface area contributed by atoms with Crippen molar-refractivity contribution >= 4 is 29.9 Å². The molecule has 1 atom stereocenters.